The van der Waals surface area contributed by atoms with Crippen molar-refractivity contribution in [1.29, 1.82) is 0 Å². The van der Waals surface area contributed by atoms with E-state index in [1.54, 1.807) is 23.1 Å². The molecule has 8 nitrogen and oxygen atoms in total. The number of carbonyl (C=O) groups excluding carboxylic acids is 1. The lowest BCUT2D eigenvalue weighted by Crippen LogP contribution is -2.55. The van der Waals surface area contributed by atoms with Gasteiger partial charge in [0.05, 0.1) is 9.85 Å². The van der Waals surface area contributed by atoms with Gasteiger partial charge in [-0.15, -0.1) is 0 Å². The molecule has 0 aromatic heterocycles. The zero-order chi connectivity index (χ0) is 20.9. The molecule has 3 rings (SSSR count). The van der Waals surface area contributed by atoms with Crippen LogP contribution in [0.4, 0.5) is 17.1 Å². The number of benzene rings is 2. The predicted octanol–water partition coefficient (Wildman–Crippen LogP) is 4.34. The van der Waals surface area contributed by atoms with Crippen molar-refractivity contribution in [2.24, 2.45) is 0 Å². The predicted molar refractivity (Wildman–Crippen MR) is 105 cm³/mol. The minimum atomic E-state index is -0.661. The number of hydrogen-bond donors (Lipinski definition) is 0. The van der Waals surface area contributed by atoms with E-state index in [1.165, 1.54) is 31.2 Å². The summed E-state index contributed by atoms with van der Waals surface area (Å²) in [5.74, 6) is -0.147. The molecule has 0 bridgehead atoms. The normalized spacial score (nSPS) is 20.4. The highest BCUT2D eigenvalue weighted by Crippen LogP contribution is 2.51. The quantitative estimate of drug-likeness (QED) is 0.579. The Morgan fingerprint density at radius 2 is 1.50 bits per heavy atom. The third-order valence-corrected chi connectivity index (χ3v) is 5.45. The second-order valence-corrected chi connectivity index (χ2v) is 7.94. The Bertz CT molecular complexity index is 984. The van der Waals surface area contributed by atoms with Crippen LogP contribution < -0.4 is 4.90 Å². The number of hydrogen-bond acceptors (Lipinski definition) is 5. The highest BCUT2D eigenvalue weighted by Gasteiger charge is 2.47. The van der Waals surface area contributed by atoms with Crippen LogP contribution in [0.5, 0.6) is 0 Å². The van der Waals surface area contributed by atoms with Crippen LogP contribution >= 0.6 is 0 Å². The Labute approximate surface area is 162 Å². The molecule has 146 valence electrons. The Hall–Kier alpha value is -3.29. The van der Waals surface area contributed by atoms with E-state index in [4.69, 9.17) is 0 Å². The first kappa shape index (κ1) is 19.5. The Morgan fingerprint density at radius 3 is 2.00 bits per heavy atom. The summed E-state index contributed by atoms with van der Waals surface area (Å²) in [5.41, 5.74) is 0.788. The summed E-state index contributed by atoms with van der Waals surface area (Å²) in [5, 5.41) is 22.3. The number of non-ortho nitro benzene ring substituents is 2. The van der Waals surface area contributed by atoms with Crippen molar-refractivity contribution in [3.05, 3.63) is 73.8 Å². The van der Waals surface area contributed by atoms with Gasteiger partial charge in [-0.1, -0.05) is 19.1 Å². The van der Waals surface area contributed by atoms with Crippen LogP contribution in [0, 0.1) is 20.2 Å². The monoisotopic (exact) mass is 383 g/mol. The Morgan fingerprint density at radius 1 is 0.964 bits per heavy atom. The maximum absolute atomic E-state index is 12.4. The van der Waals surface area contributed by atoms with Crippen LogP contribution in [0.15, 0.2) is 42.5 Å². The molecule has 0 spiro atoms. The third-order valence-electron chi connectivity index (χ3n) is 5.45. The van der Waals surface area contributed by atoms with Gasteiger partial charge in [-0.2, -0.15) is 0 Å². The summed E-state index contributed by atoms with van der Waals surface area (Å²) < 4.78 is 0. The van der Waals surface area contributed by atoms with Crippen molar-refractivity contribution in [3.63, 3.8) is 0 Å². The summed E-state index contributed by atoms with van der Waals surface area (Å²) in [6, 6.07) is 10.7. The van der Waals surface area contributed by atoms with Crippen molar-refractivity contribution >= 4 is 23.0 Å². The fourth-order valence-corrected chi connectivity index (χ4v) is 4.44. The number of nitro groups is 2. The lowest BCUT2D eigenvalue weighted by molar-refractivity contribution is -0.385. The highest BCUT2D eigenvalue weighted by molar-refractivity contribution is 5.95. The van der Waals surface area contributed by atoms with Crippen LogP contribution in [0.1, 0.15) is 45.2 Å². The minimum absolute atomic E-state index is 0.0213. The maximum atomic E-state index is 12.4. The van der Waals surface area contributed by atoms with Gasteiger partial charge in [0.15, 0.2) is 0 Å². The molecule has 0 radical (unpaired) electrons. The second kappa shape index (κ2) is 6.40. The van der Waals surface area contributed by atoms with Gasteiger partial charge in [0.2, 0.25) is 5.91 Å². The van der Waals surface area contributed by atoms with Crippen molar-refractivity contribution in [2.75, 3.05) is 4.90 Å². The topological polar surface area (TPSA) is 107 Å². The molecule has 0 saturated carbocycles. The standard InChI is InChI=1S/C20H21N3O5/c1-13(24)21-18-10-9-16(23(27)28)11-17(18)20(4,12-19(21,2)3)14-5-7-15(8-6-14)22(25)26/h5-11H,12H2,1-4H3/t20-/m0/s1. The number of amides is 1. The molecular formula is C20H21N3O5. The van der Waals surface area contributed by atoms with Gasteiger partial charge in [0.1, 0.15) is 0 Å². The number of fused-ring (bicyclic) bond motifs is 1. The molecule has 2 aromatic carbocycles. The fraction of sp³-hybridized carbons (Fsp3) is 0.350. The van der Waals surface area contributed by atoms with Crippen molar-refractivity contribution in [1.82, 2.24) is 0 Å². The van der Waals surface area contributed by atoms with E-state index < -0.39 is 20.8 Å². The van der Waals surface area contributed by atoms with E-state index in [-0.39, 0.29) is 17.3 Å². The number of anilines is 1. The van der Waals surface area contributed by atoms with Crippen LogP contribution in [-0.4, -0.2) is 21.3 Å². The summed E-state index contributed by atoms with van der Waals surface area (Å²) in [6.07, 6.45) is 0.506. The molecule has 8 heteroatoms. The van der Waals surface area contributed by atoms with Crippen molar-refractivity contribution < 1.29 is 14.6 Å². The van der Waals surface area contributed by atoms with Crippen LogP contribution in [0.3, 0.4) is 0 Å². The van der Waals surface area contributed by atoms with Gasteiger partial charge in [-0.3, -0.25) is 25.0 Å². The number of rotatable bonds is 3. The summed E-state index contributed by atoms with van der Waals surface area (Å²) in [7, 11) is 0. The molecule has 28 heavy (non-hydrogen) atoms. The molecule has 1 amide bonds. The smallest absolute Gasteiger partial charge is 0.269 e. The van der Waals surface area contributed by atoms with Crippen LogP contribution in [0.25, 0.3) is 0 Å². The number of carbonyl (C=O) groups is 1. The maximum Gasteiger partial charge on any atom is 0.269 e. The van der Waals surface area contributed by atoms with E-state index in [2.05, 4.69) is 0 Å². The molecule has 1 aliphatic rings. The largest absolute Gasteiger partial charge is 0.307 e. The van der Waals surface area contributed by atoms with Crippen LogP contribution in [0.2, 0.25) is 0 Å². The van der Waals surface area contributed by atoms with E-state index in [1.807, 2.05) is 20.8 Å². The lowest BCUT2D eigenvalue weighted by Gasteiger charge is -2.51. The van der Waals surface area contributed by atoms with Gasteiger partial charge in [-0.25, -0.2) is 0 Å². The lowest BCUT2D eigenvalue weighted by atomic mass is 9.65. The third kappa shape index (κ3) is 3.00. The SMILES string of the molecule is CC(=O)N1c2ccc([N+](=O)[O-])cc2[C@](C)(c2ccc([N+](=O)[O-])cc2)CC1(C)C. The first-order chi connectivity index (χ1) is 13.0. The summed E-state index contributed by atoms with van der Waals surface area (Å²) >= 11 is 0. The first-order valence-electron chi connectivity index (χ1n) is 8.82. The van der Waals surface area contributed by atoms with Crippen molar-refractivity contribution in [2.45, 2.75) is 45.1 Å². The zero-order valence-electron chi connectivity index (χ0n) is 16.1. The molecule has 0 aliphatic carbocycles. The highest BCUT2D eigenvalue weighted by atomic mass is 16.6. The van der Waals surface area contributed by atoms with Gasteiger partial charge in [0, 0.05) is 47.8 Å². The summed E-state index contributed by atoms with van der Waals surface area (Å²) in [6.45, 7) is 7.32. The molecule has 1 heterocycles. The average molecular weight is 383 g/mol. The minimum Gasteiger partial charge on any atom is -0.307 e. The van der Waals surface area contributed by atoms with Gasteiger partial charge < -0.3 is 4.90 Å². The van der Waals surface area contributed by atoms with Crippen molar-refractivity contribution in [3.8, 4) is 0 Å². The molecule has 0 fully saturated rings. The molecule has 1 atom stereocenters. The van der Waals surface area contributed by atoms with E-state index in [0.29, 0.717) is 17.7 Å². The second-order valence-electron chi connectivity index (χ2n) is 7.94. The molecule has 1 aliphatic heterocycles. The molecule has 0 unspecified atom stereocenters. The van der Waals surface area contributed by atoms with Gasteiger partial charge >= 0.3 is 0 Å². The number of nitro benzene ring substituents is 2. The zero-order valence-corrected chi connectivity index (χ0v) is 16.1. The van der Waals surface area contributed by atoms with E-state index in [0.717, 1.165) is 5.56 Å². The van der Waals surface area contributed by atoms with E-state index in [9.17, 15) is 25.0 Å². The Kier molecular flexibility index (Phi) is 4.45. The molecule has 0 saturated heterocycles. The fourth-order valence-electron chi connectivity index (χ4n) is 4.44. The van der Waals surface area contributed by atoms with E-state index >= 15 is 0 Å². The van der Waals surface area contributed by atoms with Gasteiger partial charge in [0.25, 0.3) is 11.4 Å². The summed E-state index contributed by atoms with van der Waals surface area (Å²) in [4.78, 5) is 35.5. The van der Waals surface area contributed by atoms with Gasteiger partial charge in [-0.05, 0) is 37.5 Å². The first-order valence-corrected chi connectivity index (χ1v) is 8.82. The Balaban J connectivity index is 2.27. The molecular weight excluding hydrogens is 362 g/mol. The molecule has 0 N–H and O–H groups in total. The number of nitrogens with zero attached hydrogens (tertiary/aromatic N) is 3. The van der Waals surface area contributed by atoms with Crippen LogP contribution in [-0.2, 0) is 10.2 Å². The molecule has 2 aromatic rings. The average Bonchev–Trinajstić information content (AvgIpc) is 2.60.